The van der Waals surface area contributed by atoms with Crippen LogP contribution in [0.15, 0.2) is 35.1 Å². The Balaban J connectivity index is 0.00000205. The number of nitrogens with zero attached hydrogens (tertiary/aromatic N) is 2. The molecule has 0 aliphatic carbocycles. The number of nitrogens with one attached hydrogen (secondary N) is 2. The van der Waals surface area contributed by atoms with Crippen LogP contribution in [0.1, 0.15) is 67.0 Å². The van der Waals surface area contributed by atoms with Gasteiger partial charge in [0.05, 0.1) is 31.3 Å². The van der Waals surface area contributed by atoms with Crippen LogP contribution in [0.2, 0.25) is 0 Å². The third kappa shape index (κ3) is 6.84. The van der Waals surface area contributed by atoms with Gasteiger partial charge in [0, 0.05) is 28.3 Å². The molecule has 1 atom stereocenters. The summed E-state index contributed by atoms with van der Waals surface area (Å²) >= 11 is 0. The number of hydrogen-bond donors (Lipinski definition) is 2. The monoisotopic (exact) mass is 548 g/mol. The lowest BCUT2D eigenvalue weighted by atomic mass is 9.90. The number of fused-ring (bicyclic) bond motifs is 1. The van der Waals surface area contributed by atoms with Crippen molar-refractivity contribution in [1.29, 1.82) is 0 Å². The van der Waals surface area contributed by atoms with Crippen molar-refractivity contribution in [3.63, 3.8) is 0 Å². The number of aromatic nitrogens is 2. The standard InChI is InChI=1S/C27H33F3N4O3.C2H6/c1-16-13-23(37-4)21(25(35)32-16)14-31-26(36)24-18(3)34(22-8-6-5-7-20(22)24)17(2)19-9-11-33(12-10-19)15-27(28,29)30;1-2/h5-8,13,17,19H,9-12,14-15H2,1-4H3,(H,31,36)(H,32,35);1-2H3/t17-;/m1./s1. The maximum atomic E-state index is 13.4. The zero-order valence-corrected chi connectivity index (χ0v) is 23.5. The molecule has 214 valence electrons. The predicted molar refractivity (Wildman–Crippen MR) is 147 cm³/mol. The Morgan fingerprint density at radius 3 is 2.44 bits per heavy atom. The van der Waals surface area contributed by atoms with E-state index in [-0.39, 0.29) is 30.0 Å². The van der Waals surface area contributed by atoms with Crippen molar-refractivity contribution in [2.45, 2.75) is 66.2 Å². The van der Waals surface area contributed by atoms with Crippen molar-refractivity contribution in [2.24, 2.45) is 5.92 Å². The van der Waals surface area contributed by atoms with E-state index in [1.54, 1.807) is 13.0 Å². The highest BCUT2D eigenvalue weighted by Gasteiger charge is 2.34. The van der Waals surface area contributed by atoms with E-state index in [4.69, 9.17) is 4.74 Å². The van der Waals surface area contributed by atoms with Crippen LogP contribution in [0.4, 0.5) is 13.2 Å². The molecule has 7 nitrogen and oxygen atoms in total. The Bertz CT molecular complexity index is 1340. The van der Waals surface area contributed by atoms with Crippen molar-refractivity contribution < 1.29 is 22.7 Å². The van der Waals surface area contributed by atoms with Gasteiger partial charge >= 0.3 is 6.18 Å². The Hall–Kier alpha value is -3.27. The van der Waals surface area contributed by atoms with Gasteiger partial charge in [-0.3, -0.25) is 14.5 Å². The summed E-state index contributed by atoms with van der Waals surface area (Å²) in [7, 11) is 1.48. The molecule has 1 aliphatic rings. The normalized spacial score (nSPS) is 15.5. The Labute approximate surface area is 227 Å². The molecule has 1 aliphatic heterocycles. The highest BCUT2D eigenvalue weighted by Crippen LogP contribution is 2.36. The number of methoxy groups -OCH3 is 1. The van der Waals surface area contributed by atoms with E-state index >= 15 is 0 Å². The van der Waals surface area contributed by atoms with Gasteiger partial charge < -0.3 is 19.6 Å². The van der Waals surface area contributed by atoms with Crippen LogP contribution in [-0.2, 0) is 6.54 Å². The number of ether oxygens (including phenoxy) is 1. The molecule has 1 aromatic carbocycles. The summed E-state index contributed by atoms with van der Waals surface area (Å²) in [5.41, 5.74) is 2.90. The number of rotatable bonds is 7. The fourth-order valence-corrected chi connectivity index (χ4v) is 5.55. The summed E-state index contributed by atoms with van der Waals surface area (Å²) < 4.78 is 45.9. The lowest BCUT2D eigenvalue weighted by molar-refractivity contribution is -0.149. The van der Waals surface area contributed by atoms with Crippen LogP contribution in [0.5, 0.6) is 5.75 Å². The number of pyridine rings is 1. The number of likely N-dealkylation sites (tertiary alicyclic amines) is 1. The summed E-state index contributed by atoms with van der Waals surface area (Å²) in [5, 5.41) is 3.67. The van der Waals surface area contributed by atoms with Crippen LogP contribution in [-0.4, -0.2) is 53.3 Å². The van der Waals surface area contributed by atoms with E-state index in [0.717, 1.165) is 16.6 Å². The molecule has 3 aromatic rings. The van der Waals surface area contributed by atoms with Gasteiger partial charge in [0.1, 0.15) is 5.75 Å². The van der Waals surface area contributed by atoms with E-state index in [9.17, 15) is 22.8 Å². The Morgan fingerprint density at radius 2 is 1.82 bits per heavy atom. The summed E-state index contributed by atoms with van der Waals surface area (Å²) in [6.07, 6.45) is -2.89. The molecule has 0 saturated carbocycles. The minimum Gasteiger partial charge on any atom is -0.496 e. The molecule has 4 rings (SSSR count). The van der Waals surface area contributed by atoms with Crippen LogP contribution in [0, 0.1) is 19.8 Å². The highest BCUT2D eigenvalue weighted by atomic mass is 19.4. The lowest BCUT2D eigenvalue weighted by Gasteiger charge is -2.36. The van der Waals surface area contributed by atoms with E-state index in [0.29, 0.717) is 48.5 Å². The largest absolute Gasteiger partial charge is 0.496 e. The molecule has 10 heteroatoms. The van der Waals surface area contributed by atoms with Crippen molar-refractivity contribution in [1.82, 2.24) is 19.8 Å². The second kappa shape index (κ2) is 12.7. The number of hydrogen-bond acceptors (Lipinski definition) is 4. The molecule has 39 heavy (non-hydrogen) atoms. The molecule has 2 aromatic heterocycles. The first kappa shape index (κ1) is 30.3. The molecule has 1 saturated heterocycles. The quantitative estimate of drug-likeness (QED) is 0.394. The maximum absolute atomic E-state index is 13.4. The first-order chi connectivity index (χ1) is 18.5. The SMILES string of the molecule is CC.COc1cc(C)[nH]c(=O)c1CNC(=O)c1c(C)n([C@H](C)C2CCN(CC(F)(F)F)CC2)c2ccccc12. The number of H-pyrrole nitrogens is 1. The topological polar surface area (TPSA) is 79.4 Å². The van der Waals surface area contributed by atoms with Gasteiger partial charge in [0.15, 0.2) is 0 Å². The second-order valence-electron chi connectivity index (χ2n) is 9.83. The molecule has 1 amide bonds. The summed E-state index contributed by atoms with van der Waals surface area (Å²) in [4.78, 5) is 30.1. The van der Waals surface area contributed by atoms with E-state index < -0.39 is 12.7 Å². The molecule has 2 N–H and O–H groups in total. The number of alkyl halides is 3. The van der Waals surface area contributed by atoms with E-state index in [1.165, 1.54) is 12.0 Å². The summed E-state index contributed by atoms with van der Waals surface area (Å²) in [5.74, 6) is 0.290. The number of aromatic amines is 1. The average molecular weight is 549 g/mol. The third-order valence-corrected chi connectivity index (χ3v) is 7.38. The number of para-hydroxylation sites is 1. The maximum Gasteiger partial charge on any atom is 0.401 e. The number of carbonyl (C=O) groups excluding carboxylic acids is 1. The van der Waals surface area contributed by atoms with Crippen molar-refractivity contribution >= 4 is 16.8 Å². The summed E-state index contributed by atoms with van der Waals surface area (Å²) in [6, 6.07) is 9.35. The van der Waals surface area contributed by atoms with Crippen molar-refractivity contribution in [3.05, 3.63) is 63.2 Å². The minimum absolute atomic E-state index is 0.000441. The first-order valence-electron chi connectivity index (χ1n) is 13.4. The smallest absolute Gasteiger partial charge is 0.401 e. The van der Waals surface area contributed by atoms with Gasteiger partial charge in [-0.25, -0.2) is 0 Å². The van der Waals surface area contributed by atoms with Crippen molar-refractivity contribution in [3.8, 4) is 5.75 Å². The van der Waals surface area contributed by atoms with Gasteiger partial charge in [0.2, 0.25) is 0 Å². The fourth-order valence-electron chi connectivity index (χ4n) is 5.55. The Kier molecular flexibility index (Phi) is 9.88. The molecular weight excluding hydrogens is 509 g/mol. The molecule has 1 fully saturated rings. The van der Waals surface area contributed by atoms with Gasteiger partial charge in [-0.05, 0) is 64.8 Å². The molecule has 0 radical (unpaired) electrons. The number of benzene rings is 1. The zero-order chi connectivity index (χ0) is 28.9. The van der Waals surface area contributed by atoms with Crippen LogP contribution in [0.3, 0.4) is 0 Å². The van der Waals surface area contributed by atoms with Crippen LogP contribution < -0.4 is 15.6 Å². The van der Waals surface area contributed by atoms with E-state index in [1.807, 2.05) is 45.0 Å². The molecule has 0 unspecified atom stereocenters. The molecular formula is C29H39F3N4O3. The number of halogens is 3. The van der Waals surface area contributed by atoms with Gasteiger partial charge in [0.25, 0.3) is 11.5 Å². The van der Waals surface area contributed by atoms with Crippen molar-refractivity contribution in [2.75, 3.05) is 26.7 Å². The van der Waals surface area contributed by atoms with Crippen LogP contribution >= 0.6 is 0 Å². The second-order valence-corrected chi connectivity index (χ2v) is 9.83. The Morgan fingerprint density at radius 1 is 1.18 bits per heavy atom. The summed E-state index contributed by atoms with van der Waals surface area (Å²) in [6.45, 7) is 9.64. The average Bonchev–Trinajstić information content (AvgIpc) is 3.19. The van der Waals surface area contributed by atoms with Gasteiger partial charge in [-0.2, -0.15) is 13.2 Å². The lowest BCUT2D eigenvalue weighted by Crippen LogP contribution is -2.41. The molecule has 0 bridgehead atoms. The molecule has 3 heterocycles. The number of aryl methyl sites for hydroxylation is 1. The van der Waals surface area contributed by atoms with Gasteiger partial charge in [-0.1, -0.05) is 32.0 Å². The fraction of sp³-hybridized carbons (Fsp3) is 0.517. The minimum atomic E-state index is -4.19. The van der Waals surface area contributed by atoms with Gasteiger partial charge in [-0.15, -0.1) is 0 Å². The predicted octanol–water partition coefficient (Wildman–Crippen LogP) is 5.75. The third-order valence-electron chi connectivity index (χ3n) is 7.38. The molecule has 0 spiro atoms. The number of carbonyl (C=O) groups is 1. The van der Waals surface area contributed by atoms with E-state index in [2.05, 4.69) is 21.8 Å². The highest BCUT2D eigenvalue weighted by molar-refractivity contribution is 6.08. The first-order valence-corrected chi connectivity index (χ1v) is 13.4. The zero-order valence-electron chi connectivity index (χ0n) is 23.5. The van der Waals surface area contributed by atoms with Crippen LogP contribution in [0.25, 0.3) is 10.9 Å². The number of piperidine rings is 1. The number of amides is 1.